The van der Waals surface area contributed by atoms with Gasteiger partial charge >= 0.3 is 6.18 Å². The molecule has 0 amide bonds. The number of hydrogen-bond donors (Lipinski definition) is 1. The smallest absolute Gasteiger partial charge is 0.391 e. The summed E-state index contributed by atoms with van der Waals surface area (Å²) < 4.78 is 43.2. The second-order valence-corrected chi connectivity index (χ2v) is 5.12. The van der Waals surface area contributed by atoms with E-state index in [0.717, 1.165) is 17.1 Å². The summed E-state index contributed by atoms with van der Waals surface area (Å²) in [5.41, 5.74) is 6.53. The van der Waals surface area contributed by atoms with Crippen LogP contribution in [0.2, 0.25) is 0 Å². The van der Waals surface area contributed by atoms with Crippen molar-refractivity contribution in [3.05, 3.63) is 23.2 Å². The van der Waals surface area contributed by atoms with Gasteiger partial charge in [-0.3, -0.25) is 4.90 Å². The Morgan fingerprint density at radius 2 is 2.00 bits per heavy atom. The van der Waals surface area contributed by atoms with Crippen LogP contribution in [0.5, 0.6) is 0 Å². The molecule has 0 atom stereocenters. The molecule has 1 aliphatic heterocycles. The van der Waals surface area contributed by atoms with Crippen LogP contribution in [0.25, 0.3) is 0 Å². The predicted molar refractivity (Wildman–Crippen MR) is 65.4 cm³/mol. The number of alkyl halides is 3. The molecule has 6 heteroatoms. The van der Waals surface area contributed by atoms with E-state index in [0.29, 0.717) is 26.2 Å². The zero-order chi connectivity index (χ0) is 14.0. The molecule has 3 nitrogen and oxygen atoms in total. The standard InChI is InChI=1S/C13H19F3N2O/c1-9-6-11(19-12(9)7-17)8-18-4-2-10(3-5-18)13(14,15)16/h6,10H,2-5,7-8,17H2,1H3. The highest BCUT2D eigenvalue weighted by atomic mass is 19.4. The summed E-state index contributed by atoms with van der Waals surface area (Å²) in [4.78, 5) is 2.00. The summed E-state index contributed by atoms with van der Waals surface area (Å²) in [5, 5.41) is 0. The van der Waals surface area contributed by atoms with Gasteiger partial charge in [-0.2, -0.15) is 13.2 Å². The maximum absolute atomic E-state index is 12.5. The van der Waals surface area contributed by atoms with Crippen molar-refractivity contribution < 1.29 is 17.6 Å². The van der Waals surface area contributed by atoms with Gasteiger partial charge in [-0.05, 0) is 44.5 Å². The van der Waals surface area contributed by atoms with E-state index in [2.05, 4.69) is 0 Å². The number of likely N-dealkylation sites (tertiary alicyclic amines) is 1. The Balaban J connectivity index is 1.88. The van der Waals surface area contributed by atoms with Crippen molar-refractivity contribution in [2.75, 3.05) is 13.1 Å². The molecular weight excluding hydrogens is 257 g/mol. The van der Waals surface area contributed by atoms with Gasteiger partial charge in [0, 0.05) is 0 Å². The van der Waals surface area contributed by atoms with Crippen molar-refractivity contribution in [2.45, 2.75) is 39.0 Å². The van der Waals surface area contributed by atoms with Crippen molar-refractivity contribution in [1.82, 2.24) is 4.90 Å². The van der Waals surface area contributed by atoms with Crippen LogP contribution < -0.4 is 5.73 Å². The number of aryl methyl sites for hydroxylation is 1. The minimum Gasteiger partial charge on any atom is -0.463 e. The summed E-state index contributed by atoms with van der Waals surface area (Å²) in [6.45, 7) is 3.75. The van der Waals surface area contributed by atoms with Crippen LogP contribution in [-0.4, -0.2) is 24.2 Å². The number of piperidine rings is 1. The first-order chi connectivity index (χ1) is 8.90. The van der Waals surface area contributed by atoms with E-state index in [1.54, 1.807) is 0 Å². The molecule has 0 aliphatic carbocycles. The van der Waals surface area contributed by atoms with Gasteiger partial charge in [0.2, 0.25) is 0 Å². The van der Waals surface area contributed by atoms with Crippen LogP contribution in [0, 0.1) is 12.8 Å². The molecule has 0 unspecified atom stereocenters. The van der Waals surface area contributed by atoms with E-state index in [9.17, 15) is 13.2 Å². The summed E-state index contributed by atoms with van der Waals surface area (Å²) >= 11 is 0. The van der Waals surface area contributed by atoms with Crippen molar-refractivity contribution in [1.29, 1.82) is 0 Å². The number of halogens is 3. The van der Waals surface area contributed by atoms with Crippen molar-refractivity contribution in [2.24, 2.45) is 11.7 Å². The molecule has 0 bridgehead atoms. The minimum absolute atomic E-state index is 0.174. The zero-order valence-corrected chi connectivity index (χ0v) is 11.0. The SMILES string of the molecule is Cc1cc(CN2CCC(C(F)(F)F)CC2)oc1CN. The van der Waals surface area contributed by atoms with Crippen molar-refractivity contribution >= 4 is 0 Å². The highest BCUT2D eigenvalue weighted by molar-refractivity contribution is 5.19. The molecule has 2 rings (SSSR count). The van der Waals surface area contributed by atoms with E-state index < -0.39 is 12.1 Å². The van der Waals surface area contributed by atoms with Crippen LogP contribution in [0.15, 0.2) is 10.5 Å². The Kier molecular flexibility index (Phi) is 4.20. The Bertz CT molecular complexity index is 420. The minimum atomic E-state index is -4.06. The molecule has 1 aliphatic rings. The van der Waals surface area contributed by atoms with Gasteiger partial charge in [-0.25, -0.2) is 0 Å². The molecule has 0 spiro atoms. The van der Waals surface area contributed by atoms with Gasteiger partial charge in [-0.1, -0.05) is 0 Å². The third kappa shape index (κ3) is 3.51. The fraction of sp³-hybridized carbons (Fsp3) is 0.692. The average Bonchev–Trinajstić information content (AvgIpc) is 2.69. The molecule has 2 heterocycles. The van der Waals surface area contributed by atoms with Crippen LogP contribution >= 0.6 is 0 Å². The van der Waals surface area contributed by atoms with E-state index >= 15 is 0 Å². The summed E-state index contributed by atoms with van der Waals surface area (Å²) in [6, 6.07) is 1.91. The van der Waals surface area contributed by atoms with Gasteiger partial charge in [0.05, 0.1) is 19.0 Å². The van der Waals surface area contributed by atoms with E-state index in [4.69, 9.17) is 10.2 Å². The van der Waals surface area contributed by atoms with Crippen LogP contribution in [0.4, 0.5) is 13.2 Å². The molecule has 19 heavy (non-hydrogen) atoms. The summed E-state index contributed by atoms with van der Waals surface area (Å²) in [5.74, 6) is 0.380. The Labute approximate surface area is 110 Å². The lowest BCUT2D eigenvalue weighted by Crippen LogP contribution is -2.38. The lowest BCUT2D eigenvalue weighted by molar-refractivity contribution is -0.185. The molecule has 0 saturated carbocycles. The first-order valence-corrected chi connectivity index (χ1v) is 6.47. The quantitative estimate of drug-likeness (QED) is 0.923. The van der Waals surface area contributed by atoms with Crippen LogP contribution in [0.3, 0.4) is 0 Å². The van der Waals surface area contributed by atoms with Crippen LogP contribution in [-0.2, 0) is 13.1 Å². The third-order valence-electron chi connectivity index (χ3n) is 3.69. The van der Waals surface area contributed by atoms with Gasteiger partial charge in [0.1, 0.15) is 11.5 Å². The first kappa shape index (κ1) is 14.4. The second kappa shape index (κ2) is 5.54. The highest BCUT2D eigenvalue weighted by Gasteiger charge is 2.41. The van der Waals surface area contributed by atoms with Gasteiger partial charge in [0.15, 0.2) is 0 Å². The molecule has 1 fully saturated rings. The zero-order valence-electron chi connectivity index (χ0n) is 11.0. The highest BCUT2D eigenvalue weighted by Crippen LogP contribution is 2.34. The molecule has 108 valence electrons. The van der Waals surface area contributed by atoms with E-state index in [1.807, 2.05) is 17.9 Å². The monoisotopic (exact) mass is 276 g/mol. The second-order valence-electron chi connectivity index (χ2n) is 5.12. The van der Waals surface area contributed by atoms with Gasteiger partial charge in [0.25, 0.3) is 0 Å². The number of hydrogen-bond acceptors (Lipinski definition) is 3. The Morgan fingerprint density at radius 1 is 1.37 bits per heavy atom. The number of nitrogens with zero attached hydrogens (tertiary/aromatic N) is 1. The average molecular weight is 276 g/mol. The number of nitrogens with two attached hydrogens (primary N) is 1. The van der Waals surface area contributed by atoms with Gasteiger partial charge < -0.3 is 10.2 Å². The molecule has 1 saturated heterocycles. The van der Waals surface area contributed by atoms with Crippen LogP contribution in [0.1, 0.15) is 29.9 Å². The molecule has 1 aromatic rings. The number of rotatable bonds is 3. The van der Waals surface area contributed by atoms with Crippen molar-refractivity contribution in [3.8, 4) is 0 Å². The summed E-state index contributed by atoms with van der Waals surface area (Å²) in [6.07, 6.45) is -3.71. The third-order valence-corrected chi connectivity index (χ3v) is 3.69. The fourth-order valence-electron chi connectivity index (χ4n) is 2.51. The molecule has 0 radical (unpaired) electrons. The molecule has 0 aromatic carbocycles. The maximum Gasteiger partial charge on any atom is 0.391 e. The molecular formula is C13H19F3N2O. The lowest BCUT2D eigenvalue weighted by atomic mass is 9.96. The molecule has 1 aromatic heterocycles. The predicted octanol–water partition coefficient (Wildman–Crippen LogP) is 2.82. The fourth-order valence-corrected chi connectivity index (χ4v) is 2.51. The number of furan rings is 1. The summed E-state index contributed by atoms with van der Waals surface area (Å²) in [7, 11) is 0. The Hall–Kier alpha value is -1.01. The maximum atomic E-state index is 12.5. The molecule has 2 N–H and O–H groups in total. The lowest BCUT2D eigenvalue weighted by Gasteiger charge is -2.32. The largest absolute Gasteiger partial charge is 0.463 e. The Morgan fingerprint density at radius 3 is 2.47 bits per heavy atom. The normalized spacial score (nSPS) is 19.0. The van der Waals surface area contributed by atoms with E-state index in [-0.39, 0.29) is 12.8 Å². The van der Waals surface area contributed by atoms with E-state index in [1.165, 1.54) is 0 Å². The van der Waals surface area contributed by atoms with Crippen molar-refractivity contribution in [3.63, 3.8) is 0 Å². The topological polar surface area (TPSA) is 42.4 Å². The van der Waals surface area contributed by atoms with Gasteiger partial charge in [-0.15, -0.1) is 0 Å². The first-order valence-electron chi connectivity index (χ1n) is 6.47.